The van der Waals surface area contributed by atoms with Gasteiger partial charge in [0.2, 0.25) is 0 Å². The van der Waals surface area contributed by atoms with Gasteiger partial charge in [-0.2, -0.15) is 0 Å². The molecule has 1 aromatic carbocycles. The number of hydrogen-bond acceptors (Lipinski definition) is 3. The molecular weight excluding hydrogens is 318 g/mol. The summed E-state index contributed by atoms with van der Waals surface area (Å²) in [4.78, 5) is 13.6. The minimum atomic E-state index is -0.125. The number of furan rings is 1. The highest BCUT2D eigenvalue weighted by atomic mass is 32.1. The average molecular weight is 337 g/mol. The van der Waals surface area contributed by atoms with E-state index in [2.05, 4.69) is 29.6 Å². The van der Waals surface area contributed by atoms with E-state index in [0.717, 1.165) is 16.9 Å². The maximum atomic E-state index is 12.5. The van der Waals surface area contributed by atoms with Crippen LogP contribution in [0.5, 0.6) is 0 Å². The highest BCUT2D eigenvalue weighted by molar-refractivity contribution is 7.10. The van der Waals surface area contributed by atoms with Gasteiger partial charge in [-0.15, -0.1) is 11.3 Å². The van der Waals surface area contributed by atoms with Gasteiger partial charge in [0, 0.05) is 4.88 Å². The molecule has 1 aliphatic carbocycles. The summed E-state index contributed by atoms with van der Waals surface area (Å²) in [6, 6.07) is 12.3. The fourth-order valence-corrected chi connectivity index (χ4v) is 4.12. The second-order valence-electron chi connectivity index (χ2n) is 6.17. The van der Waals surface area contributed by atoms with Crippen molar-refractivity contribution < 1.29 is 9.21 Å². The van der Waals surface area contributed by atoms with Crippen LogP contribution in [0.4, 0.5) is 0 Å². The van der Waals surface area contributed by atoms with Crippen molar-refractivity contribution in [1.29, 1.82) is 0 Å². The van der Waals surface area contributed by atoms with Gasteiger partial charge in [-0.25, -0.2) is 0 Å². The third-order valence-corrected chi connectivity index (χ3v) is 5.53. The Bertz CT molecular complexity index is 821. The number of nitrogens with one attached hydrogen (secondary N) is 1. The van der Waals surface area contributed by atoms with E-state index in [1.54, 1.807) is 17.4 Å². The number of fused-ring (bicyclic) bond motifs is 1. The predicted octanol–water partition coefficient (Wildman–Crippen LogP) is 4.74. The number of carbonyl (C=O) groups excluding carboxylic acids is 1. The largest absolute Gasteiger partial charge is 0.472 e. The van der Waals surface area contributed by atoms with E-state index in [4.69, 9.17) is 4.42 Å². The normalized spacial score (nSPS) is 14.8. The number of benzene rings is 1. The molecule has 4 rings (SSSR count). The Hall–Kier alpha value is -2.33. The molecule has 3 aromatic rings. The minimum absolute atomic E-state index is 0.111. The van der Waals surface area contributed by atoms with Gasteiger partial charge in [0.25, 0.3) is 5.91 Å². The van der Waals surface area contributed by atoms with Crippen molar-refractivity contribution in [1.82, 2.24) is 5.32 Å². The zero-order chi connectivity index (χ0) is 16.4. The number of thiophene rings is 1. The number of amides is 1. The van der Waals surface area contributed by atoms with Gasteiger partial charge in [-0.1, -0.05) is 24.3 Å². The Morgan fingerprint density at radius 1 is 1.12 bits per heavy atom. The molecule has 1 amide bonds. The average Bonchev–Trinajstić information content (AvgIpc) is 3.32. The lowest BCUT2D eigenvalue weighted by molar-refractivity contribution is 0.0943. The first-order valence-electron chi connectivity index (χ1n) is 8.29. The Morgan fingerprint density at radius 2 is 2.00 bits per heavy atom. The predicted molar refractivity (Wildman–Crippen MR) is 95.4 cm³/mol. The monoisotopic (exact) mass is 337 g/mol. The summed E-state index contributed by atoms with van der Waals surface area (Å²) in [6.45, 7) is 0. The second kappa shape index (κ2) is 6.65. The van der Waals surface area contributed by atoms with E-state index in [1.165, 1.54) is 42.9 Å². The molecule has 0 radical (unpaired) electrons. The van der Waals surface area contributed by atoms with Crippen LogP contribution in [-0.4, -0.2) is 5.91 Å². The van der Waals surface area contributed by atoms with Crippen LogP contribution < -0.4 is 5.32 Å². The molecule has 3 nitrogen and oxygen atoms in total. The summed E-state index contributed by atoms with van der Waals surface area (Å²) >= 11 is 1.66. The van der Waals surface area contributed by atoms with Crippen LogP contribution in [-0.2, 0) is 12.8 Å². The number of hydrogen-bond donors (Lipinski definition) is 1. The number of carbonyl (C=O) groups is 1. The first kappa shape index (κ1) is 15.2. The van der Waals surface area contributed by atoms with Crippen LogP contribution in [0.1, 0.15) is 50.8 Å². The van der Waals surface area contributed by atoms with E-state index in [1.807, 2.05) is 11.4 Å². The molecule has 4 heteroatoms. The maximum Gasteiger partial charge on any atom is 0.255 e. The Morgan fingerprint density at radius 3 is 2.75 bits per heavy atom. The van der Waals surface area contributed by atoms with Gasteiger partial charge in [0.1, 0.15) is 6.26 Å². The van der Waals surface area contributed by atoms with Crippen LogP contribution in [0.2, 0.25) is 0 Å². The van der Waals surface area contributed by atoms with Gasteiger partial charge in [0.15, 0.2) is 0 Å². The van der Waals surface area contributed by atoms with Gasteiger partial charge in [-0.3, -0.25) is 4.79 Å². The molecule has 0 fully saturated rings. The summed E-state index contributed by atoms with van der Waals surface area (Å²) in [5.41, 5.74) is 4.58. The fourth-order valence-electron chi connectivity index (χ4n) is 3.32. The van der Waals surface area contributed by atoms with Crippen molar-refractivity contribution in [3.63, 3.8) is 0 Å². The SMILES string of the molecule is O=C(N[C@H](c1ccc2c(c1)CCCC2)c1cccs1)c1ccoc1. The van der Waals surface area contributed by atoms with Crippen LogP contribution in [0.25, 0.3) is 0 Å². The van der Waals surface area contributed by atoms with Crippen molar-refractivity contribution in [3.8, 4) is 0 Å². The van der Waals surface area contributed by atoms with Crippen molar-refractivity contribution in [2.24, 2.45) is 0 Å². The molecular formula is C20H19NO2S. The molecule has 0 spiro atoms. The number of rotatable bonds is 4. The molecule has 0 aliphatic heterocycles. The zero-order valence-electron chi connectivity index (χ0n) is 13.3. The van der Waals surface area contributed by atoms with Gasteiger partial charge in [-0.05, 0) is 59.9 Å². The van der Waals surface area contributed by atoms with E-state index in [0.29, 0.717) is 5.56 Å². The highest BCUT2D eigenvalue weighted by Crippen LogP contribution is 2.30. The maximum absolute atomic E-state index is 12.5. The van der Waals surface area contributed by atoms with Crippen LogP contribution >= 0.6 is 11.3 Å². The van der Waals surface area contributed by atoms with Gasteiger partial charge < -0.3 is 9.73 Å². The van der Waals surface area contributed by atoms with Crippen molar-refractivity contribution >= 4 is 17.2 Å². The molecule has 24 heavy (non-hydrogen) atoms. The van der Waals surface area contributed by atoms with E-state index in [9.17, 15) is 4.79 Å². The molecule has 1 aliphatic rings. The summed E-state index contributed by atoms with van der Waals surface area (Å²) in [5, 5.41) is 5.20. The topological polar surface area (TPSA) is 42.2 Å². The van der Waals surface area contributed by atoms with Crippen LogP contribution in [0, 0.1) is 0 Å². The fraction of sp³-hybridized carbons (Fsp3) is 0.250. The third-order valence-electron chi connectivity index (χ3n) is 4.59. The Balaban J connectivity index is 1.67. The molecule has 1 atom stereocenters. The Kier molecular flexibility index (Phi) is 4.22. The molecule has 0 saturated heterocycles. The molecule has 1 N–H and O–H groups in total. The van der Waals surface area contributed by atoms with Gasteiger partial charge in [0.05, 0.1) is 17.9 Å². The summed E-state index contributed by atoms with van der Waals surface area (Å²) in [6.07, 6.45) is 7.83. The summed E-state index contributed by atoms with van der Waals surface area (Å²) in [5.74, 6) is -0.111. The smallest absolute Gasteiger partial charge is 0.255 e. The van der Waals surface area contributed by atoms with E-state index >= 15 is 0 Å². The molecule has 0 bridgehead atoms. The zero-order valence-corrected chi connectivity index (χ0v) is 14.1. The first-order chi connectivity index (χ1) is 11.8. The second-order valence-corrected chi connectivity index (χ2v) is 7.15. The quantitative estimate of drug-likeness (QED) is 0.747. The third kappa shape index (κ3) is 3.02. The van der Waals surface area contributed by atoms with Crippen LogP contribution in [0.3, 0.4) is 0 Å². The molecule has 2 heterocycles. The molecule has 0 unspecified atom stereocenters. The first-order valence-corrected chi connectivity index (χ1v) is 9.17. The molecule has 122 valence electrons. The molecule has 2 aromatic heterocycles. The minimum Gasteiger partial charge on any atom is -0.472 e. The van der Waals surface area contributed by atoms with E-state index < -0.39 is 0 Å². The number of aryl methyl sites for hydroxylation is 2. The van der Waals surface area contributed by atoms with E-state index in [-0.39, 0.29) is 11.9 Å². The highest BCUT2D eigenvalue weighted by Gasteiger charge is 2.21. The lowest BCUT2D eigenvalue weighted by Gasteiger charge is -2.22. The summed E-state index contributed by atoms with van der Waals surface area (Å²) in [7, 11) is 0. The van der Waals surface area contributed by atoms with Crippen molar-refractivity contribution in [2.45, 2.75) is 31.7 Å². The summed E-state index contributed by atoms with van der Waals surface area (Å²) < 4.78 is 5.03. The van der Waals surface area contributed by atoms with Crippen molar-refractivity contribution in [3.05, 3.63) is 81.4 Å². The lowest BCUT2D eigenvalue weighted by Crippen LogP contribution is -2.28. The standard InChI is InChI=1S/C20H19NO2S/c22-20(17-9-10-23-13-17)21-19(18-6-3-11-24-18)16-8-7-14-4-1-2-5-15(14)12-16/h3,6-13,19H,1-2,4-5H2,(H,21,22)/t19-/m1/s1. The lowest BCUT2D eigenvalue weighted by atomic mass is 9.89. The molecule has 0 saturated carbocycles. The van der Waals surface area contributed by atoms with Crippen LogP contribution in [0.15, 0.2) is 58.7 Å². The van der Waals surface area contributed by atoms with Crippen molar-refractivity contribution in [2.75, 3.05) is 0 Å². The Labute approximate surface area is 145 Å². The van der Waals surface area contributed by atoms with Gasteiger partial charge >= 0.3 is 0 Å².